The van der Waals surface area contributed by atoms with E-state index in [-0.39, 0.29) is 29.2 Å². The molecule has 0 saturated carbocycles. The first-order valence-electron chi connectivity index (χ1n) is 11.3. The highest BCUT2D eigenvalue weighted by atomic mass is 16.5. The molecule has 0 radical (unpaired) electrons. The molecule has 0 aliphatic carbocycles. The van der Waals surface area contributed by atoms with Crippen molar-refractivity contribution in [3.8, 4) is 0 Å². The average Bonchev–Trinajstić information content (AvgIpc) is 2.69. The minimum Gasteiger partial charge on any atom is -0.465 e. The minimum absolute atomic E-state index is 0.0210. The second kappa shape index (κ2) is 14.9. The monoisotopic (exact) mass is 384 g/mol. The number of ether oxygens (including phenoxy) is 2. The minimum atomic E-state index is -0.268. The summed E-state index contributed by atoms with van der Waals surface area (Å²) < 4.78 is 11.5. The zero-order chi connectivity index (χ0) is 20.7. The molecule has 27 heavy (non-hydrogen) atoms. The van der Waals surface area contributed by atoms with Gasteiger partial charge in [0.1, 0.15) is 13.2 Å². The molecule has 0 fully saturated rings. The maximum atomic E-state index is 12.4. The van der Waals surface area contributed by atoms with Crippen LogP contribution in [0.3, 0.4) is 0 Å². The second-order valence-electron chi connectivity index (χ2n) is 7.96. The topological polar surface area (TPSA) is 52.6 Å². The largest absolute Gasteiger partial charge is 0.465 e. The zero-order valence-corrected chi connectivity index (χ0v) is 18.8. The van der Waals surface area contributed by atoms with Crippen molar-refractivity contribution in [2.75, 3.05) is 13.2 Å². The molecule has 0 aliphatic heterocycles. The van der Waals surface area contributed by atoms with E-state index in [4.69, 9.17) is 9.47 Å². The lowest BCUT2D eigenvalue weighted by Crippen LogP contribution is -2.36. The number of hydrogen-bond acceptors (Lipinski definition) is 4. The average molecular weight is 385 g/mol. The molecule has 0 heterocycles. The van der Waals surface area contributed by atoms with Crippen molar-refractivity contribution in [2.45, 2.75) is 106 Å². The smallest absolute Gasteiger partial charge is 0.308 e. The van der Waals surface area contributed by atoms with E-state index in [9.17, 15) is 9.59 Å². The van der Waals surface area contributed by atoms with Gasteiger partial charge in [0, 0.05) is 5.41 Å². The molecule has 0 rings (SSSR count). The Morgan fingerprint density at radius 2 is 1.19 bits per heavy atom. The first-order chi connectivity index (χ1) is 12.9. The fourth-order valence-electron chi connectivity index (χ4n) is 3.48. The molecule has 2 atom stereocenters. The first-order valence-corrected chi connectivity index (χ1v) is 11.3. The molecular formula is C23H44O4. The van der Waals surface area contributed by atoms with Crippen LogP contribution in [0.15, 0.2) is 0 Å². The second-order valence-corrected chi connectivity index (χ2v) is 7.96. The number of carbonyl (C=O) groups is 2. The van der Waals surface area contributed by atoms with Crippen molar-refractivity contribution < 1.29 is 19.1 Å². The third-order valence-corrected chi connectivity index (χ3v) is 5.78. The van der Waals surface area contributed by atoms with Gasteiger partial charge in [-0.25, -0.2) is 0 Å². The predicted molar refractivity (Wildman–Crippen MR) is 112 cm³/mol. The number of esters is 2. The van der Waals surface area contributed by atoms with Crippen LogP contribution in [0.2, 0.25) is 0 Å². The lowest BCUT2D eigenvalue weighted by Gasteiger charge is -2.33. The van der Waals surface area contributed by atoms with Crippen molar-refractivity contribution in [2.24, 2.45) is 17.3 Å². The summed E-state index contributed by atoms with van der Waals surface area (Å²) in [6.45, 7) is 13.2. The van der Waals surface area contributed by atoms with Gasteiger partial charge in [-0.15, -0.1) is 0 Å². The summed E-state index contributed by atoms with van der Waals surface area (Å²) in [5, 5.41) is 0. The maximum absolute atomic E-state index is 12.4. The van der Waals surface area contributed by atoms with Crippen LogP contribution < -0.4 is 0 Å². The molecule has 0 bridgehead atoms. The fourth-order valence-corrected chi connectivity index (χ4v) is 3.48. The molecule has 2 unspecified atom stereocenters. The van der Waals surface area contributed by atoms with E-state index < -0.39 is 0 Å². The molecule has 4 heteroatoms. The van der Waals surface area contributed by atoms with Crippen LogP contribution in [0.4, 0.5) is 0 Å². The summed E-state index contributed by atoms with van der Waals surface area (Å²) in [5.41, 5.74) is -0.268. The standard InChI is InChI=1S/C23H44O4/c1-7-13-16-23(12-6,17-26-21(24)19(10-4)14-8-2)18-27-22(25)20(11-5)15-9-3/h19-20H,7-18H2,1-6H3. The van der Waals surface area contributed by atoms with Gasteiger partial charge in [0.2, 0.25) is 0 Å². The van der Waals surface area contributed by atoms with Crippen LogP contribution in [0.25, 0.3) is 0 Å². The van der Waals surface area contributed by atoms with Gasteiger partial charge in [0.25, 0.3) is 0 Å². The van der Waals surface area contributed by atoms with E-state index in [1.54, 1.807) is 0 Å². The normalized spacial score (nSPS) is 15.6. The molecule has 4 nitrogen and oxygen atoms in total. The van der Waals surface area contributed by atoms with E-state index in [0.717, 1.165) is 64.2 Å². The summed E-state index contributed by atoms with van der Waals surface area (Å²) in [7, 11) is 0. The van der Waals surface area contributed by atoms with E-state index in [1.165, 1.54) is 0 Å². The summed E-state index contributed by atoms with van der Waals surface area (Å²) in [4.78, 5) is 24.9. The van der Waals surface area contributed by atoms with Crippen LogP contribution in [0, 0.1) is 17.3 Å². The third kappa shape index (κ3) is 9.62. The Kier molecular flexibility index (Phi) is 14.3. The van der Waals surface area contributed by atoms with Gasteiger partial charge in [0.15, 0.2) is 0 Å². The summed E-state index contributed by atoms with van der Waals surface area (Å²) in [5.74, 6) is -0.241. The lowest BCUT2D eigenvalue weighted by atomic mass is 9.81. The van der Waals surface area contributed by atoms with Gasteiger partial charge in [-0.3, -0.25) is 9.59 Å². The Morgan fingerprint density at radius 1 is 0.741 bits per heavy atom. The van der Waals surface area contributed by atoms with E-state index in [1.807, 2.05) is 13.8 Å². The van der Waals surface area contributed by atoms with Crippen LogP contribution in [-0.2, 0) is 19.1 Å². The first kappa shape index (κ1) is 25.9. The molecular weight excluding hydrogens is 340 g/mol. The summed E-state index contributed by atoms with van der Waals surface area (Å²) >= 11 is 0. The third-order valence-electron chi connectivity index (χ3n) is 5.78. The van der Waals surface area contributed by atoms with Gasteiger partial charge < -0.3 is 9.47 Å². The van der Waals surface area contributed by atoms with Crippen LogP contribution in [0.5, 0.6) is 0 Å². The molecule has 0 saturated heterocycles. The quantitative estimate of drug-likeness (QED) is 0.292. The van der Waals surface area contributed by atoms with Crippen LogP contribution in [0.1, 0.15) is 106 Å². The van der Waals surface area contributed by atoms with Gasteiger partial charge in [-0.05, 0) is 38.5 Å². The van der Waals surface area contributed by atoms with Gasteiger partial charge >= 0.3 is 11.9 Å². The summed E-state index contributed by atoms with van der Waals surface area (Å²) in [6.07, 6.45) is 9.19. The van der Waals surface area contributed by atoms with Crippen molar-refractivity contribution in [1.82, 2.24) is 0 Å². The number of unbranched alkanes of at least 4 members (excludes halogenated alkanes) is 1. The van der Waals surface area contributed by atoms with Gasteiger partial charge in [0.05, 0.1) is 11.8 Å². The Labute approximate surface area is 167 Å². The highest BCUT2D eigenvalue weighted by Crippen LogP contribution is 2.31. The van der Waals surface area contributed by atoms with Crippen LogP contribution in [-0.4, -0.2) is 25.2 Å². The molecule has 0 amide bonds. The Hall–Kier alpha value is -1.06. The highest BCUT2D eigenvalue weighted by Gasteiger charge is 2.33. The molecule has 0 aromatic heterocycles. The Balaban J connectivity index is 4.97. The molecule has 160 valence electrons. The maximum Gasteiger partial charge on any atom is 0.308 e. The number of carbonyl (C=O) groups excluding carboxylic acids is 2. The number of rotatable bonds is 16. The van der Waals surface area contributed by atoms with Gasteiger partial charge in [-0.2, -0.15) is 0 Å². The van der Waals surface area contributed by atoms with Crippen molar-refractivity contribution in [3.05, 3.63) is 0 Å². The number of hydrogen-bond donors (Lipinski definition) is 0. The van der Waals surface area contributed by atoms with Crippen molar-refractivity contribution in [3.63, 3.8) is 0 Å². The lowest BCUT2D eigenvalue weighted by molar-refractivity contribution is -0.160. The molecule has 0 aromatic rings. The van der Waals surface area contributed by atoms with E-state index in [0.29, 0.717) is 13.2 Å². The SMILES string of the molecule is CCCCC(CC)(COC(=O)C(CC)CCC)COC(=O)C(CC)CCC. The van der Waals surface area contributed by atoms with E-state index in [2.05, 4.69) is 27.7 Å². The Bertz CT molecular complexity index is 375. The highest BCUT2D eigenvalue weighted by molar-refractivity contribution is 5.73. The summed E-state index contributed by atoms with van der Waals surface area (Å²) in [6, 6.07) is 0. The zero-order valence-electron chi connectivity index (χ0n) is 18.8. The molecule has 0 spiro atoms. The Morgan fingerprint density at radius 3 is 1.48 bits per heavy atom. The predicted octanol–water partition coefficient (Wildman–Crippen LogP) is 6.31. The molecule has 0 N–H and O–H groups in total. The molecule has 0 aliphatic rings. The van der Waals surface area contributed by atoms with Gasteiger partial charge in [-0.1, -0.05) is 67.2 Å². The van der Waals surface area contributed by atoms with Crippen LogP contribution >= 0.6 is 0 Å². The van der Waals surface area contributed by atoms with Crippen molar-refractivity contribution >= 4 is 11.9 Å². The fraction of sp³-hybridized carbons (Fsp3) is 0.913. The van der Waals surface area contributed by atoms with Crippen molar-refractivity contribution in [1.29, 1.82) is 0 Å². The molecule has 0 aromatic carbocycles. The van der Waals surface area contributed by atoms with E-state index >= 15 is 0 Å².